The Bertz CT molecular complexity index is 429. The summed E-state index contributed by atoms with van der Waals surface area (Å²) < 4.78 is 0.864. The fraction of sp³-hybridized carbons (Fsp3) is 0.200. The normalized spacial score (nSPS) is 12.4. The first kappa shape index (κ1) is 10.6. The summed E-state index contributed by atoms with van der Waals surface area (Å²) in [4.78, 5) is 8.56. The summed E-state index contributed by atoms with van der Waals surface area (Å²) in [7, 11) is 0. The van der Waals surface area contributed by atoms with Crippen molar-refractivity contribution < 1.29 is 0 Å². The van der Waals surface area contributed by atoms with Gasteiger partial charge in [0.1, 0.15) is 4.60 Å². The van der Waals surface area contributed by atoms with Crippen LogP contribution in [0.1, 0.15) is 18.7 Å². The minimum Gasteiger partial charge on any atom is -0.353 e. The molecule has 0 radical (unpaired) electrons. The highest BCUT2D eigenvalue weighted by atomic mass is 79.9. The fourth-order valence-corrected chi connectivity index (χ4v) is 2.44. The second-order valence-corrected chi connectivity index (χ2v) is 4.77. The van der Waals surface area contributed by atoms with E-state index in [1.165, 1.54) is 0 Å². The number of rotatable bonds is 3. The molecule has 0 aliphatic carbocycles. The van der Waals surface area contributed by atoms with Crippen LogP contribution in [0.5, 0.6) is 0 Å². The Hall–Kier alpha value is -0.940. The molecule has 0 saturated carbocycles. The van der Waals surface area contributed by atoms with Crippen LogP contribution < -0.4 is 5.32 Å². The van der Waals surface area contributed by atoms with Gasteiger partial charge in [0.15, 0.2) is 5.13 Å². The third-order valence-electron chi connectivity index (χ3n) is 1.95. The van der Waals surface area contributed by atoms with E-state index in [1.807, 2.05) is 23.6 Å². The van der Waals surface area contributed by atoms with E-state index in [0.717, 1.165) is 15.4 Å². The molecule has 1 N–H and O–H groups in total. The number of aromatic nitrogens is 2. The molecule has 15 heavy (non-hydrogen) atoms. The zero-order chi connectivity index (χ0) is 10.7. The molecule has 1 unspecified atom stereocenters. The van der Waals surface area contributed by atoms with Crippen molar-refractivity contribution in [3.63, 3.8) is 0 Å². The largest absolute Gasteiger partial charge is 0.353 e. The minimum atomic E-state index is 0.171. The van der Waals surface area contributed by atoms with E-state index in [4.69, 9.17) is 0 Å². The summed E-state index contributed by atoms with van der Waals surface area (Å²) in [5, 5.41) is 6.15. The van der Waals surface area contributed by atoms with Gasteiger partial charge in [-0.05, 0) is 35.0 Å². The summed E-state index contributed by atoms with van der Waals surface area (Å²) in [6.45, 7) is 2.07. The number of thiazole rings is 1. The van der Waals surface area contributed by atoms with Gasteiger partial charge in [0, 0.05) is 11.6 Å². The van der Waals surface area contributed by atoms with Crippen molar-refractivity contribution in [2.45, 2.75) is 13.0 Å². The van der Waals surface area contributed by atoms with E-state index in [1.54, 1.807) is 17.5 Å². The predicted molar refractivity (Wildman–Crippen MR) is 66.1 cm³/mol. The van der Waals surface area contributed by atoms with Crippen LogP contribution in [0.4, 0.5) is 5.13 Å². The number of nitrogens with zero attached hydrogens (tertiary/aromatic N) is 2. The quantitative estimate of drug-likeness (QED) is 0.937. The van der Waals surface area contributed by atoms with Crippen LogP contribution in [0.2, 0.25) is 0 Å². The van der Waals surface area contributed by atoms with Gasteiger partial charge in [-0.25, -0.2) is 4.98 Å². The van der Waals surface area contributed by atoms with Crippen LogP contribution in [0, 0.1) is 0 Å². The van der Waals surface area contributed by atoms with Crippen molar-refractivity contribution in [2.75, 3.05) is 5.32 Å². The monoisotopic (exact) mass is 283 g/mol. The van der Waals surface area contributed by atoms with E-state index in [9.17, 15) is 0 Å². The molecule has 0 bridgehead atoms. The third kappa shape index (κ3) is 2.76. The molecule has 0 saturated heterocycles. The van der Waals surface area contributed by atoms with Gasteiger partial charge in [-0.2, -0.15) is 0 Å². The number of pyridine rings is 1. The first-order valence-electron chi connectivity index (χ1n) is 4.54. The molecule has 1 atom stereocenters. The SMILES string of the molecule is CC(Nc1nc(Br)cs1)c1ccccn1. The van der Waals surface area contributed by atoms with E-state index < -0.39 is 0 Å². The second-order valence-electron chi connectivity index (χ2n) is 3.10. The van der Waals surface area contributed by atoms with Crippen LogP contribution in [-0.2, 0) is 0 Å². The maximum atomic E-state index is 4.28. The lowest BCUT2D eigenvalue weighted by molar-refractivity contribution is 0.837. The van der Waals surface area contributed by atoms with Crippen molar-refractivity contribution in [1.82, 2.24) is 9.97 Å². The fourth-order valence-electron chi connectivity index (χ4n) is 1.21. The number of hydrogen-bond donors (Lipinski definition) is 1. The molecule has 0 spiro atoms. The number of halogens is 1. The molecule has 0 aliphatic rings. The zero-order valence-electron chi connectivity index (χ0n) is 8.14. The molecule has 2 aromatic heterocycles. The molecule has 0 fully saturated rings. The van der Waals surface area contributed by atoms with Gasteiger partial charge >= 0.3 is 0 Å². The number of hydrogen-bond acceptors (Lipinski definition) is 4. The first-order chi connectivity index (χ1) is 7.25. The van der Waals surface area contributed by atoms with E-state index in [2.05, 4.69) is 38.1 Å². The Kier molecular flexibility index (Phi) is 3.33. The highest BCUT2D eigenvalue weighted by Crippen LogP contribution is 2.23. The summed E-state index contributed by atoms with van der Waals surface area (Å²) in [6, 6.07) is 6.07. The van der Waals surface area contributed by atoms with Crippen molar-refractivity contribution in [1.29, 1.82) is 0 Å². The highest BCUT2D eigenvalue weighted by molar-refractivity contribution is 9.10. The van der Waals surface area contributed by atoms with E-state index in [-0.39, 0.29) is 6.04 Å². The zero-order valence-corrected chi connectivity index (χ0v) is 10.5. The molecular weight excluding hydrogens is 274 g/mol. The molecule has 78 valence electrons. The molecule has 0 aliphatic heterocycles. The molecular formula is C10H10BrN3S. The lowest BCUT2D eigenvalue weighted by Crippen LogP contribution is -2.07. The van der Waals surface area contributed by atoms with Gasteiger partial charge in [0.2, 0.25) is 0 Å². The first-order valence-corrected chi connectivity index (χ1v) is 6.21. The smallest absolute Gasteiger partial charge is 0.184 e. The van der Waals surface area contributed by atoms with E-state index >= 15 is 0 Å². The van der Waals surface area contributed by atoms with Gasteiger partial charge < -0.3 is 5.32 Å². The second kappa shape index (κ2) is 4.72. The Morgan fingerprint density at radius 3 is 2.93 bits per heavy atom. The van der Waals surface area contributed by atoms with Crippen molar-refractivity contribution >= 4 is 32.4 Å². The van der Waals surface area contributed by atoms with Crippen molar-refractivity contribution in [3.8, 4) is 0 Å². The van der Waals surface area contributed by atoms with Crippen molar-refractivity contribution in [2.24, 2.45) is 0 Å². The lowest BCUT2D eigenvalue weighted by atomic mass is 10.2. The maximum absolute atomic E-state index is 4.28. The number of anilines is 1. The molecule has 0 amide bonds. The maximum Gasteiger partial charge on any atom is 0.184 e. The molecule has 5 heteroatoms. The summed E-state index contributed by atoms with van der Waals surface area (Å²) in [5.74, 6) is 0. The molecule has 0 aromatic carbocycles. The van der Waals surface area contributed by atoms with Gasteiger partial charge in [-0.15, -0.1) is 11.3 Å². The molecule has 2 aromatic rings. The lowest BCUT2D eigenvalue weighted by Gasteiger charge is -2.11. The Morgan fingerprint density at radius 2 is 2.33 bits per heavy atom. The number of nitrogens with one attached hydrogen (secondary N) is 1. The average molecular weight is 284 g/mol. The van der Waals surface area contributed by atoms with Gasteiger partial charge in [0.25, 0.3) is 0 Å². The summed E-state index contributed by atoms with van der Waals surface area (Å²) in [6.07, 6.45) is 1.80. The Labute approximate surface area is 101 Å². The Morgan fingerprint density at radius 1 is 1.47 bits per heavy atom. The summed E-state index contributed by atoms with van der Waals surface area (Å²) in [5.41, 5.74) is 1.02. The van der Waals surface area contributed by atoms with Crippen LogP contribution in [0.25, 0.3) is 0 Å². The van der Waals surface area contributed by atoms with Crippen LogP contribution in [0.15, 0.2) is 34.4 Å². The van der Waals surface area contributed by atoms with Gasteiger partial charge in [0.05, 0.1) is 11.7 Å². The van der Waals surface area contributed by atoms with Crippen LogP contribution in [-0.4, -0.2) is 9.97 Å². The van der Waals surface area contributed by atoms with Gasteiger partial charge in [-0.1, -0.05) is 6.07 Å². The predicted octanol–water partition coefficient (Wildman–Crippen LogP) is 3.47. The highest BCUT2D eigenvalue weighted by Gasteiger charge is 2.07. The van der Waals surface area contributed by atoms with Crippen molar-refractivity contribution in [3.05, 3.63) is 40.1 Å². The minimum absolute atomic E-state index is 0.171. The van der Waals surface area contributed by atoms with E-state index in [0.29, 0.717) is 0 Å². The molecule has 2 heterocycles. The standard InChI is InChI=1S/C10H10BrN3S/c1-7(8-4-2-3-5-12-8)13-10-14-9(11)6-15-10/h2-7H,1H3,(H,13,14). The third-order valence-corrected chi connectivity index (χ3v) is 3.43. The molecule has 3 nitrogen and oxygen atoms in total. The van der Waals surface area contributed by atoms with Crippen LogP contribution >= 0.6 is 27.3 Å². The van der Waals surface area contributed by atoms with Gasteiger partial charge in [-0.3, -0.25) is 4.98 Å². The summed E-state index contributed by atoms with van der Waals surface area (Å²) >= 11 is 4.90. The Balaban J connectivity index is 2.07. The van der Waals surface area contributed by atoms with Crippen LogP contribution in [0.3, 0.4) is 0 Å². The average Bonchev–Trinajstić information content (AvgIpc) is 2.65. The molecule has 2 rings (SSSR count). The topological polar surface area (TPSA) is 37.8 Å².